The quantitative estimate of drug-likeness (QED) is 0.759. The molecule has 176 valence electrons. The van der Waals surface area contributed by atoms with E-state index < -0.39 is 6.04 Å². The van der Waals surface area contributed by atoms with Gasteiger partial charge >= 0.3 is 0 Å². The molecule has 7 heteroatoms. The molecule has 1 atom stereocenters. The van der Waals surface area contributed by atoms with E-state index in [4.69, 9.17) is 0 Å². The van der Waals surface area contributed by atoms with E-state index in [2.05, 4.69) is 31.0 Å². The van der Waals surface area contributed by atoms with Crippen molar-refractivity contribution in [2.45, 2.75) is 58.4 Å². The van der Waals surface area contributed by atoms with Gasteiger partial charge in [0.1, 0.15) is 6.04 Å². The first-order chi connectivity index (χ1) is 15.1. The van der Waals surface area contributed by atoms with Crippen molar-refractivity contribution >= 4 is 17.7 Å². The summed E-state index contributed by atoms with van der Waals surface area (Å²) < 4.78 is 0. The van der Waals surface area contributed by atoms with Gasteiger partial charge in [-0.05, 0) is 49.3 Å². The van der Waals surface area contributed by atoms with E-state index in [9.17, 15) is 14.4 Å². The summed E-state index contributed by atoms with van der Waals surface area (Å²) in [6.45, 7) is 12.8. The summed E-state index contributed by atoms with van der Waals surface area (Å²) >= 11 is 0. The summed E-state index contributed by atoms with van der Waals surface area (Å²) in [6, 6.07) is 6.96. The summed E-state index contributed by atoms with van der Waals surface area (Å²) in [5.74, 6) is -0.119. The van der Waals surface area contributed by atoms with Crippen molar-refractivity contribution in [2.24, 2.45) is 0 Å². The Morgan fingerprint density at radius 1 is 0.875 bits per heavy atom. The standard InChI is InChI=1S/C25H38N4O3/c1-19(26-23(31)20-8-10-21(11-9-20)25(2,3)4)24(32)29-16-14-27(15-17-29)18-22(30)28-12-6-5-7-13-28/h8-11,19H,5-7,12-18H2,1-4H3,(H,26,31). The number of carbonyl (C=O) groups is 3. The van der Waals surface area contributed by atoms with Crippen LogP contribution in [-0.4, -0.2) is 84.3 Å². The normalized spacial score (nSPS) is 18.9. The lowest BCUT2D eigenvalue weighted by molar-refractivity contribution is -0.136. The zero-order valence-electron chi connectivity index (χ0n) is 20.0. The Morgan fingerprint density at radius 3 is 2.03 bits per heavy atom. The van der Waals surface area contributed by atoms with Crippen molar-refractivity contribution in [1.82, 2.24) is 20.0 Å². The second-order valence-electron chi connectivity index (χ2n) is 10.1. The predicted molar refractivity (Wildman–Crippen MR) is 126 cm³/mol. The maximum Gasteiger partial charge on any atom is 0.251 e. The number of hydrogen-bond donors (Lipinski definition) is 1. The third kappa shape index (κ3) is 6.31. The van der Waals surface area contributed by atoms with E-state index in [0.29, 0.717) is 38.3 Å². The fourth-order valence-electron chi connectivity index (χ4n) is 4.30. The van der Waals surface area contributed by atoms with E-state index in [1.165, 1.54) is 6.42 Å². The fraction of sp³-hybridized carbons (Fsp3) is 0.640. The monoisotopic (exact) mass is 442 g/mol. The molecule has 0 radical (unpaired) electrons. The van der Waals surface area contributed by atoms with Crippen molar-refractivity contribution in [3.8, 4) is 0 Å². The van der Waals surface area contributed by atoms with Crippen LogP contribution in [0.5, 0.6) is 0 Å². The van der Waals surface area contributed by atoms with Crippen molar-refractivity contribution in [1.29, 1.82) is 0 Å². The molecule has 0 spiro atoms. The van der Waals surface area contributed by atoms with Gasteiger partial charge in [0.25, 0.3) is 5.91 Å². The topological polar surface area (TPSA) is 73.0 Å². The van der Waals surface area contributed by atoms with Crippen LogP contribution in [0, 0.1) is 0 Å². The van der Waals surface area contributed by atoms with Gasteiger partial charge in [0.05, 0.1) is 6.54 Å². The summed E-state index contributed by atoms with van der Waals surface area (Å²) in [4.78, 5) is 43.8. The summed E-state index contributed by atoms with van der Waals surface area (Å²) in [5.41, 5.74) is 1.74. The minimum Gasteiger partial charge on any atom is -0.342 e. The molecule has 0 aromatic heterocycles. The number of likely N-dealkylation sites (tertiary alicyclic amines) is 1. The number of hydrogen-bond acceptors (Lipinski definition) is 4. The lowest BCUT2D eigenvalue weighted by Crippen LogP contribution is -2.55. The van der Waals surface area contributed by atoms with Crippen LogP contribution in [-0.2, 0) is 15.0 Å². The Hall–Kier alpha value is -2.41. The smallest absolute Gasteiger partial charge is 0.251 e. The van der Waals surface area contributed by atoms with Crippen LogP contribution in [0.2, 0.25) is 0 Å². The second-order valence-corrected chi connectivity index (χ2v) is 10.1. The van der Waals surface area contributed by atoms with Gasteiger partial charge in [-0.25, -0.2) is 0 Å². The molecule has 3 amide bonds. The van der Waals surface area contributed by atoms with Crippen molar-refractivity contribution < 1.29 is 14.4 Å². The Morgan fingerprint density at radius 2 is 1.47 bits per heavy atom. The lowest BCUT2D eigenvalue weighted by Gasteiger charge is -2.37. The van der Waals surface area contributed by atoms with Crippen LogP contribution in [0.3, 0.4) is 0 Å². The summed E-state index contributed by atoms with van der Waals surface area (Å²) in [7, 11) is 0. The first-order valence-electron chi connectivity index (χ1n) is 11.9. The summed E-state index contributed by atoms with van der Waals surface area (Å²) in [5, 5.41) is 2.83. The summed E-state index contributed by atoms with van der Waals surface area (Å²) in [6.07, 6.45) is 3.40. The Labute approximate surface area is 192 Å². The number of nitrogens with one attached hydrogen (secondary N) is 1. The van der Waals surface area contributed by atoms with Crippen molar-refractivity contribution in [2.75, 3.05) is 45.8 Å². The molecule has 0 bridgehead atoms. The number of rotatable bonds is 5. The number of piperidine rings is 1. The van der Waals surface area contributed by atoms with Gasteiger partial charge in [-0.3, -0.25) is 19.3 Å². The highest BCUT2D eigenvalue weighted by Crippen LogP contribution is 2.22. The van der Waals surface area contributed by atoms with E-state index in [1.807, 2.05) is 29.2 Å². The molecule has 1 aromatic carbocycles. The zero-order chi connectivity index (χ0) is 23.3. The van der Waals surface area contributed by atoms with Crippen LogP contribution in [0.4, 0.5) is 0 Å². The molecule has 1 N–H and O–H groups in total. The van der Waals surface area contributed by atoms with Crippen LogP contribution < -0.4 is 5.32 Å². The van der Waals surface area contributed by atoms with Gasteiger partial charge in [0, 0.05) is 44.8 Å². The van der Waals surface area contributed by atoms with E-state index in [-0.39, 0.29) is 23.1 Å². The maximum atomic E-state index is 12.8. The number of piperazine rings is 1. The number of amides is 3. The van der Waals surface area contributed by atoms with Crippen molar-refractivity contribution in [3.05, 3.63) is 35.4 Å². The maximum absolute atomic E-state index is 12.8. The molecule has 2 heterocycles. The number of benzene rings is 1. The predicted octanol–water partition coefficient (Wildman–Crippen LogP) is 2.26. The molecule has 2 aliphatic rings. The minimum absolute atomic E-state index is 0.0266. The lowest BCUT2D eigenvalue weighted by atomic mass is 9.86. The first kappa shape index (κ1) is 24.2. The molecule has 0 saturated carbocycles. The molecule has 3 rings (SSSR count). The van der Waals surface area contributed by atoms with Crippen LogP contribution in [0.15, 0.2) is 24.3 Å². The molecule has 1 aromatic rings. The van der Waals surface area contributed by atoms with Gasteiger partial charge in [0.2, 0.25) is 11.8 Å². The highest BCUT2D eigenvalue weighted by molar-refractivity contribution is 5.97. The average molecular weight is 443 g/mol. The van der Waals surface area contributed by atoms with Gasteiger partial charge in [-0.15, -0.1) is 0 Å². The van der Waals surface area contributed by atoms with Crippen molar-refractivity contribution in [3.63, 3.8) is 0 Å². The molecular weight excluding hydrogens is 404 g/mol. The van der Waals surface area contributed by atoms with E-state index in [0.717, 1.165) is 31.5 Å². The number of nitrogens with zero attached hydrogens (tertiary/aromatic N) is 3. The van der Waals surface area contributed by atoms with E-state index >= 15 is 0 Å². The Bertz CT molecular complexity index is 801. The SMILES string of the molecule is CC(NC(=O)c1ccc(C(C)(C)C)cc1)C(=O)N1CCN(CC(=O)N2CCCCC2)CC1. The highest BCUT2D eigenvalue weighted by Gasteiger charge is 2.28. The van der Waals surface area contributed by atoms with E-state index in [1.54, 1.807) is 11.8 Å². The molecule has 32 heavy (non-hydrogen) atoms. The van der Waals surface area contributed by atoms with Gasteiger partial charge in [-0.2, -0.15) is 0 Å². The highest BCUT2D eigenvalue weighted by atomic mass is 16.2. The fourth-order valence-corrected chi connectivity index (χ4v) is 4.30. The molecule has 2 fully saturated rings. The third-order valence-electron chi connectivity index (χ3n) is 6.48. The second kappa shape index (κ2) is 10.5. The zero-order valence-corrected chi connectivity index (χ0v) is 20.0. The molecule has 0 aliphatic carbocycles. The van der Waals surface area contributed by atoms with Crippen LogP contribution in [0.1, 0.15) is 62.9 Å². The Balaban J connectivity index is 1.45. The minimum atomic E-state index is -0.591. The molecule has 1 unspecified atom stereocenters. The Kier molecular flexibility index (Phi) is 7.93. The molecule has 7 nitrogen and oxygen atoms in total. The average Bonchev–Trinajstić information content (AvgIpc) is 2.79. The van der Waals surface area contributed by atoms with Crippen LogP contribution >= 0.6 is 0 Å². The van der Waals surface area contributed by atoms with Gasteiger partial charge in [-0.1, -0.05) is 32.9 Å². The molecule has 2 saturated heterocycles. The van der Waals surface area contributed by atoms with Crippen LogP contribution in [0.25, 0.3) is 0 Å². The third-order valence-corrected chi connectivity index (χ3v) is 6.48. The van der Waals surface area contributed by atoms with Gasteiger partial charge in [0.15, 0.2) is 0 Å². The number of carbonyl (C=O) groups excluding carboxylic acids is 3. The molecule has 2 aliphatic heterocycles. The molecular formula is C25H38N4O3. The first-order valence-corrected chi connectivity index (χ1v) is 11.9. The van der Waals surface area contributed by atoms with Gasteiger partial charge < -0.3 is 15.1 Å². The largest absolute Gasteiger partial charge is 0.342 e.